The Labute approximate surface area is 165 Å². The molecule has 3 rings (SSSR count). The van der Waals surface area contributed by atoms with E-state index in [0.717, 1.165) is 11.1 Å². The lowest BCUT2D eigenvalue weighted by Gasteiger charge is -2.05. The number of carbonyl (C=O) groups excluding carboxylic acids is 1. The van der Waals surface area contributed by atoms with Crippen LogP contribution in [0.5, 0.6) is 0 Å². The van der Waals surface area contributed by atoms with E-state index in [-0.39, 0.29) is 12.5 Å². The Morgan fingerprint density at radius 3 is 2.50 bits per heavy atom. The predicted octanol–water partition coefficient (Wildman–Crippen LogP) is 4.95. The van der Waals surface area contributed by atoms with E-state index in [1.807, 2.05) is 6.07 Å². The Morgan fingerprint density at radius 2 is 1.77 bits per heavy atom. The first kappa shape index (κ1) is 18.7. The highest BCUT2D eigenvalue weighted by molar-refractivity contribution is 6.35. The lowest BCUT2D eigenvalue weighted by molar-refractivity contribution is -0.121. The molecule has 0 atom stereocenters. The number of aromatic nitrogens is 2. The monoisotopic (exact) mass is 409 g/mol. The van der Waals surface area contributed by atoms with E-state index in [0.29, 0.717) is 39.6 Å². The number of nitrogens with zero attached hydrogens (tertiary/aromatic N) is 2. The highest BCUT2D eigenvalue weighted by atomic mass is 35.5. The number of amides is 1. The topological polar surface area (TPSA) is 68.0 Å². The molecule has 0 bridgehead atoms. The van der Waals surface area contributed by atoms with E-state index in [9.17, 15) is 4.79 Å². The van der Waals surface area contributed by atoms with Crippen molar-refractivity contribution in [3.05, 3.63) is 69.0 Å². The number of aryl methyl sites for hydroxylation is 1. The van der Waals surface area contributed by atoms with Gasteiger partial charge in [-0.3, -0.25) is 4.79 Å². The molecule has 5 nitrogen and oxygen atoms in total. The van der Waals surface area contributed by atoms with Gasteiger partial charge in [-0.05, 0) is 48.4 Å². The van der Waals surface area contributed by atoms with Crippen molar-refractivity contribution in [3.8, 4) is 11.4 Å². The number of hydrogen-bond acceptors (Lipinski definition) is 4. The van der Waals surface area contributed by atoms with Crippen LogP contribution in [0.25, 0.3) is 11.4 Å². The van der Waals surface area contributed by atoms with Crippen molar-refractivity contribution in [1.82, 2.24) is 15.5 Å². The Bertz CT molecular complexity index is 910. The maximum atomic E-state index is 12.0. The predicted molar refractivity (Wildman–Crippen MR) is 101 cm³/mol. The van der Waals surface area contributed by atoms with E-state index in [4.69, 9.17) is 39.3 Å². The molecule has 0 aliphatic heterocycles. The van der Waals surface area contributed by atoms with Crippen molar-refractivity contribution in [2.24, 2.45) is 0 Å². The molecule has 0 fully saturated rings. The normalized spacial score (nSPS) is 10.7. The fraction of sp³-hybridized carbons (Fsp3) is 0.167. The molecular formula is C18H14Cl3N3O2. The van der Waals surface area contributed by atoms with Crippen LogP contribution in [0, 0.1) is 0 Å². The molecule has 0 saturated heterocycles. The van der Waals surface area contributed by atoms with Crippen LogP contribution in [0.3, 0.4) is 0 Å². The molecule has 26 heavy (non-hydrogen) atoms. The number of halogens is 3. The highest BCUT2D eigenvalue weighted by Crippen LogP contribution is 2.22. The summed E-state index contributed by atoms with van der Waals surface area (Å²) in [6.45, 7) is 0.160. The zero-order chi connectivity index (χ0) is 18.5. The molecule has 0 aliphatic rings. The molecule has 1 heterocycles. The van der Waals surface area contributed by atoms with Gasteiger partial charge in [-0.25, -0.2) is 0 Å². The molecule has 2 aromatic carbocycles. The van der Waals surface area contributed by atoms with Gasteiger partial charge in [0.05, 0.1) is 6.54 Å². The van der Waals surface area contributed by atoms with Crippen molar-refractivity contribution < 1.29 is 9.32 Å². The third-order valence-electron chi connectivity index (χ3n) is 3.64. The Morgan fingerprint density at radius 1 is 1.04 bits per heavy atom. The number of nitrogens with one attached hydrogen (secondary N) is 1. The van der Waals surface area contributed by atoms with Gasteiger partial charge in [0.2, 0.25) is 17.6 Å². The lowest BCUT2D eigenvalue weighted by Crippen LogP contribution is -2.23. The second-order valence-corrected chi connectivity index (χ2v) is 6.81. The van der Waals surface area contributed by atoms with E-state index in [2.05, 4.69) is 15.5 Å². The first-order valence-electron chi connectivity index (χ1n) is 7.80. The number of carbonyl (C=O) groups is 1. The van der Waals surface area contributed by atoms with Gasteiger partial charge in [0.15, 0.2) is 0 Å². The second kappa shape index (κ2) is 8.54. The van der Waals surface area contributed by atoms with Crippen molar-refractivity contribution in [2.45, 2.75) is 19.4 Å². The van der Waals surface area contributed by atoms with Crippen LogP contribution in [-0.2, 0) is 17.8 Å². The summed E-state index contributed by atoms with van der Waals surface area (Å²) in [4.78, 5) is 16.3. The van der Waals surface area contributed by atoms with Crippen molar-refractivity contribution >= 4 is 40.7 Å². The van der Waals surface area contributed by atoms with Crippen molar-refractivity contribution in [3.63, 3.8) is 0 Å². The Hall–Kier alpha value is -2.08. The summed E-state index contributed by atoms with van der Waals surface area (Å²) in [6.07, 6.45) is 0.807. The molecule has 0 radical (unpaired) electrons. The third kappa shape index (κ3) is 4.97. The van der Waals surface area contributed by atoms with E-state index < -0.39 is 0 Å². The summed E-state index contributed by atoms with van der Waals surface area (Å²) in [5.74, 6) is 0.633. The average molecular weight is 411 g/mol. The summed E-state index contributed by atoms with van der Waals surface area (Å²) in [7, 11) is 0. The maximum absolute atomic E-state index is 12.0. The first-order valence-corrected chi connectivity index (χ1v) is 8.94. The molecule has 1 aromatic heterocycles. The van der Waals surface area contributed by atoms with Crippen LogP contribution in [0.1, 0.15) is 17.9 Å². The Kier molecular flexibility index (Phi) is 6.14. The van der Waals surface area contributed by atoms with Crippen LogP contribution in [-0.4, -0.2) is 16.0 Å². The van der Waals surface area contributed by atoms with Gasteiger partial charge in [-0.1, -0.05) is 46.0 Å². The lowest BCUT2D eigenvalue weighted by atomic mass is 10.1. The number of benzene rings is 2. The molecule has 0 aliphatic carbocycles. The molecule has 0 unspecified atom stereocenters. The zero-order valence-corrected chi connectivity index (χ0v) is 15.8. The van der Waals surface area contributed by atoms with Crippen LogP contribution in [0.4, 0.5) is 0 Å². The molecule has 8 heteroatoms. The molecule has 1 N–H and O–H groups in total. The minimum absolute atomic E-state index is 0.137. The summed E-state index contributed by atoms with van der Waals surface area (Å²) in [6, 6.07) is 12.3. The van der Waals surface area contributed by atoms with Crippen LogP contribution in [0.2, 0.25) is 15.1 Å². The van der Waals surface area contributed by atoms with Gasteiger partial charge < -0.3 is 9.84 Å². The summed E-state index contributed by atoms with van der Waals surface area (Å²) < 4.78 is 5.15. The molecular weight excluding hydrogens is 397 g/mol. The Balaban J connectivity index is 1.51. The molecule has 3 aromatic rings. The molecule has 1 amide bonds. The average Bonchev–Trinajstić information content (AvgIpc) is 3.09. The molecule has 0 spiro atoms. The van der Waals surface area contributed by atoms with Gasteiger partial charge >= 0.3 is 0 Å². The molecule has 0 saturated carbocycles. The van der Waals surface area contributed by atoms with Crippen molar-refractivity contribution in [1.29, 1.82) is 0 Å². The van der Waals surface area contributed by atoms with Gasteiger partial charge in [0, 0.05) is 27.1 Å². The SMILES string of the molecule is O=C(CCc1ccc(Cl)cc1Cl)NCc1nc(-c2ccc(Cl)cc2)no1. The number of hydrogen-bond donors (Lipinski definition) is 1. The fourth-order valence-corrected chi connectivity index (χ4v) is 2.91. The third-order valence-corrected chi connectivity index (χ3v) is 4.48. The zero-order valence-electron chi connectivity index (χ0n) is 13.5. The standard InChI is InChI=1S/C18H14Cl3N3O2/c19-13-5-2-12(3-6-13)18-23-17(26-24-18)10-22-16(25)8-4-11-1-7-14(20)9-15(11)21/h1-3,5-7,9H,4,8,10H2,(H,22,25). The van der Waals surface area contributed by atoms with E-state index in [1.54, 1.807) is 36.4 Å². The quantitative estimate of drug-likeness (QED) is 0.624. The summed E-state index contributed by atoms with van der Waals surface area (Å²) >= 11 is 17.8. The van der Waals surface area contributed by atoms with Crippen LogP contribution in [0.15, 0.2) is 47.0 Å². The minimum atomic E-state index is -0.137. The first-order chi connectivity index (χ1) is 12.5. The van der Waals surface area contributed by atoms with Gasteiger partial charge in [-0.2, -0.15) is 4.98 Å². The molecule has 134 valence electrons. The van der Waals surface area contributed by atoms with Gasteiger partial charge in [0.1, 0.15) is 0 Å². The van der Waals surface area contributed by atoms with E-state index in [1.165, 1.54) is 0 Å². The van der Waals surface area contributed by atoms with Crippen LogP contribution >= 0.6 is 34.8 Å². The smallest absolute Gasteiger partial charge is 0.246 e. The van der Waals surface area contributed by atoms with E-state index >= 15 is 0 Å². The van der Waals surface area contributed by atoms with Gasteiger partial charge in [0.25, 0.3) is 0 Å². The minimum Gasteiger partial charge on any atom is -0.347 e. The fourth-order valence-electron chi connectivity index (χ4n) is 2.28. The van der Waals surface area contributed by atoms with Gasteiger partial charge in [-0.15, -0.1) is 0 Å². The number of rotatable bonds is 6. The largest absolute Gasteiger partial charge is 0.347 e. The van der Waals surface area contributed by atoms with Crippen molar-refractivity contribution in [2.75, 3.05) is 0 Å². The summed E-state index contributed by atoms with van der Waals surface area (Å²) in [5.41, 5.74) is 1.65. The highest BCUT2D eigenvalue weighted by Gasteiger charge is 2.11. The summed E-state index contributed by atoms with van der Waals surface area (Å²) in [5, 5.41) is 8.39. The second-order valence-electron chi connectivity index (χ2n) is 5.53. The van der Waals surface area contributed by atoms with Crippen LogP contribution < -0.4 is 5.32 Å². The maximum Gasteiger partial charge on any atom is 0.246 e.